The third kappa shape index (κ3) is 6.25. The summed E-state index contributed by atoms with van der Waals surface area (Å²) in [5.74, 6) is 0.521. The van der Waals surface area contributed by atoms with E-state index in [4.69, 9.17) is 4.98 Å². The summed E-state index contributed by atoms with van der Waals surface area (Å²) in [6.07, 6.45) is 2.01. The maximum atomic E-state index is 14.4. The average molecular weight is 679 g/mol. The molecule has 7 heteroatoms. The fraction of sp³-hybridized carbons (Fsp3) is 0.156. The Bertz CT molecular complexity index is 2590. The van der Waals surface area contributed by atoms with Gasteiger partial charge in [-0.1, -0.05) is 103 Å². The molecule has 7 rings (SSSR count). The summed E-state index contributed by atoms with van der Waals surface area (Å²) in [4.78, 5) is 21.7. The Morgan fingerprint density at radius 2 is 1.27 bits per heavy atom. The van der Waals surface area contributed by atoms with Gasteiger partial charge in [0.05, 0.1) is 28.7 Å². The molecule has 5 aromatic carbocycles. The predicted octanol–water partition coefficient (Wildman–Crippen LogP) is 9.15. The lowest BCUT2D eigenvalue weighted by molar-refractivity contribution is 0.706. The molecule has 0 atom stereocenters. The normalized spacial score (nSPS) is 11.0. The second-order valence-corrected chi connectivity index (χ2v) is 13.5. The van der Waals surface area contributed by atoms with Crippen molar-refractivity contribution < 1.29 is 0 Å². The predicted molar refractivity (Wildman–Crippen MR) is 209 cm³/mol. The number of benzene rings is 5. The van der Waals surface area contributed by atoms with Gasteiger partial charge in [0.1, 0.15) is 5.65 Å². The molecule has 0 N–H and O–H groups in total. The van der Waals surface area contributed by atoms with Crippen LogP contribution in [0.5, 0.6) is 0 Å². The highest BCUT2D eigenvalue weighted by atomic mass is 16.1. The Balaban J connectivity index is 1.34. The Labute approximate surface area is 303 Å². The molecule has 52 heavy (non-hydrogen) atoms. The Kier molecular flexibility index (Phi) is 9.03. The highest BCUT2D eigenvalue weighted by molar-refractivity contribution is 5.96. The van der Waals surface area contributed by atoms with Crippen LogP contribution in [0.1, 0.15) is 38.9 Å². The number of rotatable bonds is 8. The first-order chi connectivity index (χ1) is 25.2. The van der Waals surface area contributed by atoms with E-state index in [1.165, 1.54) is 5.56 Å². The summed E-state index contributed by atoms with van der Waals surface area (Å²) >= 11 is 0. The highest BCUT2D eigenvalue weighted by Crippen LogP contribution is 2.34. The minimum Gasteiger partial charge on any atom is -0.335 e. The quantitative estimate of drug-likeness (QED) is 0.160. The molecule has 0 bridgehead atoms. The van der Waals surface area contributed by atoms with E-state index in [-0.39, 0.29) is 5.56 Å². The molecule has 0 aliphatic rings. The molecule has 254 valence electrons. The molecular formula is C45H38N6O. The van der Waals surface area contributed by atoms with E-state index < -0.39 is 0 Å². The van der Waals surface area contributed by atoms with Crippen LogP contribution < -0.4 is 10.5 Å². The van der Waals surface area contributed by atoms with Gasteiger partial charge in [0.2, 0.25) is 5.95 Å². The maximum Gasteiger partial charge on any atom is 0.264 e. The lowest BCUT2D eigenvalue weighted by atomic mass is 9.94. The molecule has 2 heterocycles. The molecule has 0 spiro atoms. The van der Waals surface area contributed by atoms with Crippen molar-refractivity contribution in [3.8, 4) is 45.5 Å². The summed E-state index contributed by atoms with van der Waals surface area (Å²) in [7, 11) is 3.72. The first-order valence-electron chi connectivity index (χ1n) is 17.2. The van der Waals surface area contributed by atoms with E-state index in [0.29, 0.717) is 41.2 Å². The molecule has 0 amide bonds. The highest BCUT2D eigenvalue weighted by Gasteiger charge is 2.23. The first kappa shape index (κ1) is 33.8. The third-order valence-electron chi connectivity index (χ3n) is 9.75. The number of nitriles is 2. The van der Waals surface area contributed by atoms with E-state index >= 15 is 0 Å². The van der Waals surface area contributed by atoms with Crippen molar-refractivity contribution in [1.29, 1.82) is 10.5 Å². The maximum absolute atomic E-state index is 14.4. The lowest BCUT2D eigenvalue weighted by Gasteiger charge is -2.26. The van der Waals surface area contributed by atoms with Crippen LogP contribution in [0.3, 0.4) is 0 Å². The van der Waals surface area contributed by atoms with Crippen molar-refractivity contribution >= 4 is 17.0 Å². The van der Waals surface area contributed by atoms with Gasteiger partial charge in [-0.3, -0.25) is 9.36 Å². The van der Waals surface area contributed by atoms with Crippen molar-refractivity contribution in [1.82, 2.24) is 14.1 Å². The van der Waals surface area contributed by atoms with Gasteiger partial charge < -0.3 is 9.47 Å². The van der Waals surface area contributed by atoms with Crippen molar-refractivity contribution in [3.63, 3.8) is 0 Å². The van der Waals surface area contributed by atoms with Crippen LogP contribution >= 0.6 is 0 Å². The number of nitrogens with zero attached hydrogens (tertiary/aromatic N) is 6. The van der Waals surface area contributed by atoms with Gasteiger partial charge in [0.15, 0.2) is 0 Å². The number of aryl methyl sites for hydroxylation is 4. The number of anilines is 1. The van der Waals surface area contributed by atoms with Crippen LogP contribution in [0.2, 0.25) is 0 Å². The molecule has 0 aliphatic carbocycles. The van der Waals surface area contributed by atoms with Gasteiger partial charge in [0.25, 0.3) is 5.56 Å². The van der Waals surface area contributed by atoms with Gasteiger partial charge in [-0.15, -0.1) is 0 Å². The zero-order valence-corrected chi connectivity index (χ0v) is 30.0. The van der Waals surface area contributed by atoms with Crippen LogP contribution in [0, 0.1) is 43.4 Å². The van der Waals surface area contributed by atoms with Crippen molar-refractivity contribution in [3.05, 3.63) is 165 Å². The van der Waals surface area contributed by atoms with Gasteiger partial charge >= 0.3 is 0 Å². The van der Waals surface area contributed by atoms with Gasteiger partial charge in [0, 0.05) is 38.9 Å². The topological polar surface area (TPSA) is 90.6 Å². The summed E-state index contributed by atoms with van der Waals surface area (Å²) < 4.78 is 3.59. The largest absolute Gasteiger partial charge is 0.335 e. The standard InChI is InChI=1S/C45H38N6O/c1-29-21-30(2)41(31(3)22-29)40-28-49(4)43-42(40)44(52)50(5)45(48-43)51(26-32-15-18-35(19-16-32)38-14-10-9-13-36(38)24-46)27-33-17-20-39(37(23-33)25-47)34-11-7-6-8-12-34/h6-23,28H,26-27H2,1-5H3. The monoisotopic (exact) mass is 678 g/mol. The first-order valence-corrected chi connectivity index (χ1v) is 17.2. The molecular weight excluding hydrogens is 641 g/mol. The molecule has 0 saturated carbocycles. The number of fused-ring (bicyclic) bond motifs is 1. The molecule has 0 unspecified atom stereocenters. The third-order valence-corrected chi connectivity index (χ3v) is 9.75. The van der Waals surface area contributed by atoms with E-state index in [1.807, 2.05) is 103 Å². The summed E-state index contributed by atoms with van der Waals surface area (Å²) in [5.41, 5.74) is 12.6. The van der Waals surface area contributed by atoms with Crippen LogP contribution in [-0.2, 0) is 27.2 Å². The van der Waals surface area contributed by atoms with Crippen LogP contribution in [0.15, 0.2) is 120 Å². The number of aromatic nitrogens is 3. The van der Waals surface area contributed by atoms with Crippen LogP contribution in [0.4, 0.5) is 5.95 Å². The second-order valence-electron chi connectivity index (χ2n) is 13.5. The minimum atomic E-state index is -0.124. The van der Waals surface area contributed by atoms with Crippen molar-refractivity contribution in [2.45, 2.75) is 33.9 Å². The van der Waals surface area contributed by atoms with Crippen LogP contribution in [0.25, 0.3) is 44.4 Å². The smallest absolute Gasteiger partial charge is 0.264 e. The number of hydrogen-bond donors (Lipinski definition) is 0. The molecule has 2 aromatic heterocycles. The van der Waals surface area contributed by atoms with E-state index in [0.717, 1.165) is 55.6 Å². The molecule has 0 aliphatic heterocycles. The molecule has 0 saturated heterocycles. The molecule has 0 fully saturated rings. The summed E-state index contributed by atoms with van der Waals surface area (Å²) in [6.45, 7) is 7.11. The fourth-order valence-corrected chi connectivity index (χ4v) is 7.38. The van der Waals surface area contributed by atoms with Gasteiger partial charge in [-0.2, -0.15) is 15.5 Å². The van der Waals surface area contributed by atoms with Gasteiger partial charge in [-0.25, -0.2) is 0 Å². The fourth-order valence-electron chi connectivity index (χ4n) is 7.38. The minimum absolute atomic E-state index is 0.124. The lowest BCUT2D eigenvalue weighted by Crippen LogP contribution is -2.31. The molecule has 7 aromatic rings. The van der Waals surface area contributed by atoms with E-state index in [9.17, 15) is 15.3 Å². The van der Waals surface area contributed by atoms with E-state index in [1.54, 1.807) is 11.6 Å². The molecule has 7 nitrogen and oxygen atoms in total. The summed E-state index contributed by atoms with van der Waals surface area (Å²) in [5, 5.41) is 20.4. The summed E-state index contributed by atoms with van der Waals surface area (Å²) in [6, 6.07) is 40.6. The second kappa shape index (κ2) is 13.9. The van der Waals surface area contributed by atoms with E-state index in [2.05, 4.69) is 62.1 Å². The number of hydrogen-bond acceptors (Lipinski definition) is 5. The Morgan fingerprint density at radius 1 is 0.673 bits per heavy atom. The Morgan fingerprint density at radius 3 is 1.96 bits per heavy atom. The SMILES string of the molecule is Cc1cc(C)c(-c2cn(C)c3nc(N(Cc4ccc(-c5ccccc5C#N)cc4)Cc4ccc(-c5ccccc5)c(C#N)c4)n(C)c(=O)c23)c(C)c1. The van der Waals surface area contributed by atoms with Crippen molar-refractivity contribution in [2.24, 2.45) is 14.1 Å². The van der Waals surface area contributed by atoms with Crippen molar-refractivity contribution in [2.75, 3.05) is 4.90 Å². The zero-order chi connectivity index (χ0) is 36.5. The van der Waals surface area contributed by atoms with Crippen LogP contribution in [-0.4, -0.2) is 14.1 Å². The Hall–Kier alpha value is -6.70. The zero-order valence-electron chi connectivity index (χ0n) is 30.0. The molecule has 0 radical (unpaired) electrons. The van der Waals surface area contributed by atoms with Gasteiger partial charge in [-0.05, 0) is 83.0 Å². The average Bonchev–Trinajstić information content (AvgIpc) is 3.48.